The molecule has 4 nitrogen and oxygen atoms in total. The normalized spacial score (nSPS) is 16.0. The van der Waals surface area contributed by atoms with Gasteiger partial charge in [-0.05, 0) is 36.5 Å². The molecular formula is C15H20N2O2. The molecule has 0 aromatic heterocycles. The quantitative estimate of drug-likeness (QED) is 0.868. The molecule has 0 spiro atoms. The molecule has 102 valence electrons. The van der Waals surface area contributed by atoms with Crippen molar-refractivity contribution in [1.29, 1.82) is 0 Å². The molecule has 0 bridgehead atoms. The van der Waals surface area contributed by atoms with Crippen LogP contribution in [0.25, 0.3) is 0 Å². The van der Waals surface area contributed by atoms with Crippen molar-refractivity contribution >= 4 is 11.8 Å². The lowest BCUT2D eigenvalue weighted by Crippen LogP contribution is -2.33. The number of nitrogens with one attached hydrogen (secondary N) is 1. The van der Waals surface area contributed by atoms with Crippen LogP contribution in [0.4, 0.5) is 0 Å². The minimum atomic E-state index is -0.535. The Labute approximate surface area is 113 Å². The zero-order valence-electron chi connectivity index (χ0n) is 11.0. The summed E-state index contributed by atoms with van der Waals surface area (Å²) < 4.78 is 0. The maximum atomic E-state index is 11.7. The summed E-state index contributed by atoms with van der Waals surface area (Å²) in [6.07, 6.45) is 6.42. The molecule has 0 atom stereocenters. The van der Waals surface area contributed by atoms with Crippen LogP contribution in [-0.4, -0.2) is 18.4 Å². The van der Waals surface area contributed by atoms with Crippen LogP contribution in [-0.2, 0) is 4.79 Å². The lowest BCUT2D eigenvalue weighted by Gasteiger charge is -2.22. The fourth-order valence-electron chi connectivity index (χ4n) is 2.61. The molecule has 1 aliphatic rings. The van der Waals surface area contributed by atoms with Gasteiger partial charge in [-0.1, -0.05) is 31.4 Å². The van der Waals surface area contributed by atoms with Crippen molar-refractivity contribution in [2.45, 2.75) is 38.0 Å². The van der Waals surface area contributed by atoms with E-state index >= 15 is 0 Å². The van der Waals surface area contributed by atoms with Gasteiger partial charge in [0.15, 0.2) is 0 Å². The van der Waals surface area contributed by atoms with E-state index in [0.717, 1.165) is 0 Å². The highest BCUT2D eigenvalue weighted by Gasteiger charge is 2.15. The van der Waals surface area contributed by atoms with Crippen LogP contribution in [0, 0.1) is 0 Å². The molecule has 1 aromatic carbocycles. The monoisotopic (exact) mass is 260 g/mol. The molecule has 1 aromatic rings. The average Bonchev–Trinajstić information content (AvgIpc) is 2.46. The first-order valence-electron chi connectivity index (χ1n) is 6.83. The van der Waals surface area contributed by atoms with E-state index in [0.29, 0.717) is 11.5 Å². The van der Waals surface area contributed by atoms with Crippen LogP contribution in [0.2, 0.25) is 0 Å². The van der Waals surface area contributed by atoms with Gasteiger partial charge in [0.2, 0.25) is 5.91 Å². The number of hydrogen-bond acceptors (Lipinski definition) is 2. The average molecular weight is 260 g/mol. The van der Waals surface area contributed by atoms with E-state index in [1.54, 1.807) is 0 Å². The summed E-state index contributed by atoms with van der Waals surface area (Å²) in [5, 5.41) is 2.48. The summed E-state index contributed by atoms with van der Waals surface area (Å²) in [5.74, 6) is -0.155. The minimum Gasteiger partial charge on any atom is -0.368 e. The van der Waals surface area contributed by atoms with Crippen LogP contribution in [0.1, 0.15) is 53.9 Å². The maximum Gasteiger partial charge on any atom is 0.251 e. The highest BCUT2D eigenvalue weighted by molar-refractivity contribution is 5.96. The fourth-order valence-corrected chi connectivity index (χ4v) is 2.61. The largest absolute Gasteiger partial charge is 0.368 e. The van der Waals surface area contributed by atoms with Crippen LogP contribution < -0.4 is 11.1 Å². The standard InChI is InChI=1S/C15H20N2O2/c16-14(18)10-17-15(19)13-8-6-12(7-9-13)11-4-2-1-3-5-11/h6-9,11H,1-5,10H2,(H2,16,18)(H,17,19). The Kier molecular flexibility index (Phi) is 4.55. The van der Waals surface area contributed by atoms with Crippen molar-refractivity contribution < 1.29 is 9.59 Å². The molecule has 0 saturated heterocycles. The molecule has 1 fully saturated rings. The lowest BCUT2D eigenvalue weighted by atomic mass is 9.84. The van der Waals surface area contributed by atoms with Crippen molar-refractivity contribution in [3.63, 3.8) is 0 Å². The Balaban J connectivity index is 1.97. The minimum absolute atomic E-state index is 0.122. The van der Waals surface area contributed by atoms with E-state index in [-0.39, 0.29) is 12.5 Å². The second kappa shape index (κ2) is 6.36. The number of nitrogens with two attached hydrogens (primary N) is 1. The van der Waals surface area contributed by atoms with Gasteiger partial charge in [-0.25, -0.2) is 0 Å². The molecule has 1 saturated carbocycles. The predicted octanol–water partition coefficient (Wildman–Crippen LogP) is 1.95. The molecule has 19 heavy (non-hydrogen) atoms. The summed E-state index contributed by atoms with van der Waals surface area (Å²) in [4.78, 5) is 22.3. The number of rotatable bonds is 4. The Hall–Kier alpha value is -1.84. The molecule has 4 heteroatoms. The molecule has 3 N–H and O–H groups in total. The Morgan fingerprint density at radius 3 is 2.32 bits per heavy atom. The second-order valence-electron chi connectivity index (χ2n) is 5.11. The van der Waals surface area contributed by atoms with Gasteiger partial charge < -0.3 is 11.1 Å². The number of carbonyl (C=O) groups excluding carboxylic acids is 2. The number of carbonyl (C=O) groups is 2. The first kappa shape index (κ1) is 13.6. The van der Waals surface area contributed by atoms with E-state index in [1.165, 1.54) is 37.7 Å². The smallest absolute Gasteiger partial charge is 0.251 e. The summed E-state index contributed by atoms with van der Waals surface area (Å²) in [5.41, 5.74) is 6.87. The fraction of sp³-hybridized carbons (Fsp3) is 0.467. The first-order chi connectivity index (χ1) is 9.16. The van der Waals surface area contributed by atoms with Crippen molar-refractivity contribution in [3.05, 3.63) is 35.4 Å². The van der Waals surface area contributed by atoms with E-state index in [2.05, 4.69) is 5.32 Å². The highest BCUT2D eigenvalue weighted by Crippen LogP contribution is 2.32. The summed E-state index contributed by atoms with van der Waals surface area (Å²) in [6, 6.07) is 7.69. The summed E-state index contributed by atoms with van der Waals surface area (Å²) in [6.45, 7) is -0.122. The Morgan fingerprint density at radius 1 is 1.11 bits per heavy atom. The highest BCUT2D eigenvalue weighted by atomic mass is 16.2. The molecule has 0 radical (unpaired) electrons. The number of hydrogen-bond donors (Lipinski definition) is 2. The molecule has 0 aliphatic heterocycles. The van der Waals surface area contributed by atoms with Gasteiger partial charge in [0.25, 0.3) is 5.91 Å². The number of amides is 2. The van der Waals surface area contributed by atoms with Crippen LogP contribution in [0.5, 0.6) is 0 Å². The number of primary amides is 1. The molecule has 1 aliphatic carbocycles. The topological polar surface area (TPSA) is 72.2 Å². The van der Waals surface area contributed by atoms with Gasteiger partial charge in [-0.15, -0.1) is 0 Å². The van der Waals surface area contributed by atoms with Crippen molar-refractivity contribution in [2.75, 3.05) is 6.54 Å². The van der Waals surface area contributed by atoms with E-state index < -0.39 is 5.91 Å². The third-order valence-corrected chi connectivity index (χ3v) is 3.67. The van der Waals surface area contributed by atoms with Gasteiger partial charge in [-0.3, -0.25) is 9.59 Å². The zero-order chi connectivity index (χ0) is 13.7. The van der Waals surface area contributed by atoms with Gasteiger partial charge >= 0.3 is 0 Å². The van der Waals surface area contributed by atoms with E-state index in [1.807, 2.05) is 24.3 Å². The van der Waals surface area contributed by atoms with Crippen molar-refractivity contribution in [3.8, 4) is 0 Å². The van der Waals surface area contributed by atoms with Gasteiger partial charge in [0, 0.05) is 5.56 Å². The molecular weight excluding hydrogens is 240 g/mol. The maximum absolute atomic E-state index is 11.7. The second-order valence-corrected chi connectivity index (χ2v) is 5.11. The summed E-state index contributed by atoms with van der Waals surface area (Å²) in [7, 11) is 0. The van der Waals surface area contributed by atoms with Crippen LogP contribution in [0.3, 0.4) is 0 Å². The van der Waals surface area contributed by atoms with Crippen molar-refractivity contribution in [1.82, 2.24) is 5.32 Å². The third-order valence-electron chi connectivity index (χ3n) is 3.67. The van der Waals surface area contributed by atoms with E-state index in [4.69, 9.17) is 5.73 Å². The van der Waals surface area contributed by atoms with Gasteiger partial charge in [0.1, 0.15) is 0 Å². The van der Waals surface area contributed by atoms with Gasteiger partial charge in [-0.2, -0.15) is 0 Å². The molecule has 2 amide bonds. The SMILES string of the molecule is NC(=O)CNC(=O)c1ccc(C2CCCCC2)cc1. The zero-order valence-corrected chi connectivity index (χ0v) is 11.0. The predicted molar refractivity (Wildman–Crippen MR) is 73.8 cm³/mol. The first-order valence-corrected chi connectivity index (χ1v) is 6.83. The van der Waals surface area contributed by atoms with Crippen molar-refractivity contribution in [2.24, 2.45) is 5.73 Å². The molecule has 2 rings (SSSR count). The Bertz CT molecular complexity index is 448. The Morgan fingerprint density at radius 2 is 1.74 bits per heavy atom. The number of benzene rings is 1. The van der Waals surface area contributed by atoms with Crippen LogP contribution in [0.15, 0.2) is 24.3 Å². The van der Waals surface area contributed by atoms with E-state index in [9.17, 15) is 9.59 Å². The lowest BCUT2D eigenvalue weighted by molar-refractivity contribution is -0.117. The molecule has 0 unspecified atom stereocenters. The molecule has 0 heterocycles. The summed E-state index contributed by atoms with van der Waals surface area (Å²) >= 11 is 0. The van der Waals surface area contributed by atoms with Crippen LogP contribution >= 0.6 is 0 Å². The third kappa shape index (κ3) is 3.81. The van der Waals surface area contributed by atoms with Gasteiger partial charge in [0.05, 0.1) is 6.54 Å².